The number of hydrogen-bond donors (Lipinski definition) is 1. The molecular weight excluding hydrogens is 312 g/mol. The number of aryl methyl sites for hydroxylation is 2. The highest BCUT2D eigenvalue weighted by molar-refractivity contribution is 5.76. The summed E-state index contributed by atoms with van der Waals surface area (Å²) in [5.41, 5.74) is 2.46. The number of nitrogens with zero attached hydrogens (tertiary/aromatic N) is 1. The standard InChI is InChI=1S/C21H26N2O2/c1-16-5-4-6-17(15-16)8-13-20(24)23-18-9-11-19(12-10-18)25-21-7-2-3-14-22-21/h2-7,14-15,18-19H,8-13H2,1H3,(H,23,24). The van der Waals surface area contributed by atoms with Crippen molar-refractivity contribution in [1.82, 2.24) is 10.3 Å². The van der Waals surface area contributed by atoms with Gasteiger partial charge < -0.3 is 10.1 Å². The van der Waals surface area contributed by atoms with Crippen LogP contribution in [0.5, 0.6) is 5.88 Å². The molecule has 0 bridgehead atoms. The summed E-state index contributed by atoms with van der Waals surface area (Å²) in [5.74, 6) is 0.837. The molecule has 1 aliphatic carbocycles. The molecule has 1 aliphatic rings. The van der Waals surface area contributed by atoms with Crippen LogP contribution >= 0.6 is 0 Å². The van der Waals surface area contributed by atoms with Gasteiger partial charge in [0.25, 0.3) is 0 Å². The molecule has 0 aliphatic heterocycles. The minimum Gasteiger partial charge on any atom is -0.474 e. The average molecular weight is 338 g/mol. The second-order valence-electron chi connectivity index (χ2n) is 6.82. The lowest BCUT2D eigenvalue weighted by molar-refractivity contribution is -0.122. The van der Waals surface area contributed by atoms with Crippen molar-refractivity contribution in [3.05, 3.63) is 59.8 Å². The van der Waals surface area contributed by atoms with Gasteiger partial charge in [0.1, 0.15) is 6.10 Å². The fourth-order valence-corrected chi connectivity index (χ4v) is 3.34. The van der Waals surface area contributed by atoms with Crippen molar-refractivity contribution in [1.29, 1.82) is 0 Å². The Morgan fingerprint density at radius 1 is 1.16 bits per heavy atom. The van der Waals surface area contributed by atoms with Gasteiger partial charge in [-0.1, -0.05) is 35.9 Å². The summed E-state index contributed by atoms with van der Waals surface area (Å²) in [4.78, 5) is 16.4. The van der Waals surface area contributed by atoms with Crippen molar-refractivity contribution < 1.29 is 9.53 Å². The van der Waals surface area contributed by atoms with Gasteiger partial charge >= 0.3 is 0 Å². The van der Waals surface area contributed by atoms with Crippen molar-refractivity contribution in [3.63, 3.8) is 0 Å². The number of amides is 1. The number of carbonyl (C=O) groups is 1. The molecule has 0 unspecified atom stereocenters. The van der Waals surface area contributed by atoms with E-state index in [9.17, 15) is 4.79 Å². The van der Waals surface area contributed by atoms with Crippen LogP contribution in [0.15, 0.2) is 48.7 Å². The van der Waals surface area contributed by atoms with Gasteiger partial charge in [-0.2, -0.15) is 0 Å². The molecule has 0 saturated heterocycles. The molecule has 3 rings (SSSR count). The number of rotatable bonds is 6. The first-order valence-electron chi connectivity index (χ1n) is 9.11. The lowest BCUT2D eigenvalue weighted by Crippen LogP contribution is -2.39. The van der Waals surface area contributed by atoms with E-state index in [-0.39, 0.29) is 18.1 Å². The van der Waals surface area contributed by atoms with Crippen LogP contribution in [0.4, 0.5) is 0 Å². The maximum absolute atomic E-state index is 12.2. The Hall–Kier alpha value is -2.36. The smallest absolute Gasteiger partial charge is 0.220 e. The molecular formula is C21H26N2O2. The van der Waals surface area contributed by atoms with E-state index in [1.165, 1.54) is 11.1 Å². The zero-order valence-corrected chi connectivity index (χ0v) is 14.8. The first kappa shape index (κ1) is 17.5. The Labute approximate surface area is 149 Å². The third kappa shape index (κ3) is 5.59. The highest BCUT2D eigenvalue weighted by atomic mass is 16.5. The molecule has 0 radical (unpaired) electrons. The van der Waals surface area contributed by atoms with Gasteiger partial charge in [-0.25, -0.2) is 4.98 Å². The van der Waals surface area contributed by atoms with Gasteiger partial charge in [0.05, 0.1) is 0 Å². The molecule has 1 aromatic carbocycles. The molecule has 0 atom stereocenters. The van der Waals surface area contributed by atoms with Crippen molar-refractivity contribution in [3.8, 4) is 5.88 Å². The van der Waals surface area contributed by atoms with Gasteiger partial charge in [-0.3, -0.25) is 4.79 Å². The molecule has 1 N–H and O–H groups in total. The van der Waals surface area contributed by atoms with Gasteiger partial charge in [-0.15, -0.1) is 0 Å². The van der Waals surface area contributed by atoms with Crippen LogP contribution in [0, 0.1) is 6.92 Å². The first-order chi connectivity index (χ1) is 12.2. The Kier molecular flexibility index (Phi) is 6.04. The number of nitrogens with one attached hydrogen (secondary N) is 1. The van der Waals surface area contributed by atoms with E-state index < -0.39 is 0 Å². The van der Waals surface area contributed by atoms with E-state index in [1.807, 2.05) is 24.3 Å². The molecule has 1 heterocycles. The lowest BCUT2D eigenvalue weighted by Gasteiger charge is -2.29. The summed E-state index contributed by atoms with van der Waals surface area (Å²) in [6.45, 7) is 2.08. The maximum atomic E-state index is 12.2. The number of hydrogen-bond acceptors (Lipinski definition) is 3. The van der Waals surface area contributed by atoms with E-state index in [0.717, 1.165) is 32.1 Å². The molecule has 2 aromatic rings. The van der Waals surface area contributed by atoms with Crippen molar-refractivity contribution in [2.75, 3.05) is 0 Å². The second kappa shape index (κ2) is 8.65. The van der Waals surface area contributed by atoms with Crippen LogP contribution < -0.4 is 10.1 Å². The number of aromatic nitrogens is 1. The predicted molar refractivity (Wildman–Crippen MR) is 98.6 cm³/mol. The SMILES string of the molecule is Cc1cccc(CCC(=O)NC2CCC(Oc3ccccn3)CC2)c1. The Morgan fingerprint density at radius 3 is 2.72 bits per heavy atom. The third-order valence-corrected chi connectivity index (χ3v) is 4.69. The van der Waals surface area contributed by atoms with E-state index >= 15 is 0 Å². The number of benzene rings is 1. The second-order valence-corrected chi connectivity index (χ2v) is 6.82. The molecule has 0 spiro atoms. The molecule has 1 fully saturated rings. The normalized spacial score (nSPS) is 20.0. The van der Waals surface area contributed by atoms with Crippen LogP contribution in [0.3, 0.4) is 0 Å². The molecule has 132 valence electrons. The van der Waals surface area contributed by atoms with Gasteiger partial charge in [0.2, 0.25) is 11.8 Å². The molecule has 25 heavy (non-hydrogen) atoms. The summed E-state index contributed by atoms with van der Waals surface area (Å²) in [5, 5.41) is 3.18. The summed E-state index contributed by atoms with van der Waals surface area (Å²) in [7, 11) is 0. The fourth-order valence-electron chi connectivity index (χ4n) is 3.34. The topological polar surface area (TPSA) is 51.2 Å². The average Bonchev–Trinajstić information content (AvgIpc) is 2.63. The predicted octanol–water partition coefficient (Wildman–Crippen LogP) is 3.83. The van der Waals surface area contributed by atoms with Gasteiger partial charge in [0.15, 0.2) is 0 Å². The molecule has 1 saturated carbocycles. The maximum Gasteiger partial charge on any atom is 0.220 e. The van der Waals surface area contributed by atoms with E-state index in [4.69, 9.17) is 4.74 Å². The van der Waals surface area contributed by atoms with Crippen LogP contribution in [0.2, 0.25) is 0 Å². The first-order valence-corrected chi connectivity index (χ1v) is 9.11. The quantitative estimate of drug-likeness (QED) is 0.871. The van der Waals surface area contributed by atoms with E-state index in [1.54, 1.807) is 6.20 Å². The Morgan fingerprint density at radius 2 is 2.00 bits per heavy atom. The molecule has 4 heteroatoms. The summed E-state index contributed by atoms with van der Waals surface area (Å²) in [6, 6.07) is 14.3. The minimum atomic E-state index is 0.149. The van der Waals surface area contributed by atoms with Crippen molar-refractivity contribution in [2.24, 2.45) is 0 Å². The Balaban J connectivity index is 1.37. The highest BCUT2D eigenvalue weighted by Crippen LogP contribution is 2.22. The minimum absolute atomic E-state index is 0.149. The van der Waals surface area contributed by atoms with Crippen LogP contribution in [-0.2, 0) is 11.2 Å². The van der Waals surface area contributed by atoms with Crippen LogP contribution in [0.1, 0.15) is 43.2 Å². The Bertz CT molecular complexity index is 679. The number of ether oxygens (including phenoxy) is 1. The lowest BCUT2D eigenvalue weighted by atomic mass is 9.92. The third-order valence-electron chi connectivity index (χ3n) is 4.69. The summed E-state index contributed by atoms with van der Waals surface area (Å²) < 4.78 is 5.90. The van der Waals surface area contributed by atoms with Crippen molar-refractivity contribution in [2.45, 2.75) is 57.6 Å². The van der Waals surface area contributed by atoms with Crippen molar-refractivity contribution >= 4 is 5.91 Å². The molecule has 1 amide bonds. The summed E-state index contributed by atoms with van der Waals surface area (Å²) in [6.07, 6.45) is 7.14. The van der Waals surface area contributed by atoms with Crippen LogP contribution in [0.25, 0.3) is 0 Å². The largest absolute Gasteiger partial charge is 0.474 e. The zero-order chi connectivity index (χ0) is 17.5. The van der Waals surface area contributed by atoms with E-state index in [2.05, 4.69) is 35.4 Å². The van der Waals surface area contributed by atoms with E-state index in [0.29, 0.717) is 12.3 Å². The summed E-state index contributed by atoms with van der Waals surface area (Å²) >= 11 is 0. The number of pyridine rings is 1. The van der Waals surface area contributed by atoms with Gasteiger partial charge in [0, 0.05) is 24.7 Å². The fraction of sp³-hybridized carbons (Fsp3) is 0.429. The van der Waals surface area contributed by atoms with Gasteiger partial charge in [-0.05, 0) is 50.7 Å². The van der Waals surface area contributed by atoms with Crippen LogP contribution in [-0.4, -0.2) is 23.0 Å². The number of carbonyl (C=O) groups excluding carboxylic acids is 1. The monoisotopic (exact) mass is 338 g/mol. The zero-order valence-electron chi connectivity index (χ0n) is 14.8. The molecule has 4 nitrogen and oxygen atoms in total. The highest BCUT2D eigenvalue weighted by Gasteiger charge is 2.23. The molecule has 1 aromatic heterocycles.